The highest BCUT2D eigenvalue weighted by Crippen LogP contribution is 2.42. The lowest BCUT2D eigenvalue weighted by molar-refractivity contribution is -0.128. The molecule has 0 aliphatic carbocycles. The molecule has 1 N–H and O–H groups in total. The van der Waals surface area contributed by atoms with Crippen LogP contribution < -0.4 is 0 Å². The van der Waals surface area contributed by atoms with E-state index in [9.17, 15) is 5.11 Å². The standard InChI is InChI=1S/C15H28BNO4/c1-13(2)14(3,4)21-16(20-13)10-15(18)6-11-8-19-9-12(7-15)17(11)5/h11-12,18H,6-10H2,1-5H3. The maximum atomic E-state index is 11.1. The quantitative estimate of drug-likeness (QED) is 0.779. The molecule has 3 saturated heterocycles. The van der Waals surface area contributed by atoms with E-state index in [1.54, 1.807) is 0 Å². The largest absolute Gasteiger partial charge is 0.460 e. The number of nitrogens with zero attached hydrogens (tertiary/aromatic N) is 1. The minimum Gasteiger partial charge on any atom is -0.403 e. The Morgan fingerprint density at radius 2 is 1.52 bits per heavy atom. The van der Waals surface area contributed by atoms with E-state index in [4.69, 9.17) is 14.0 Å². The summed E-state index contributed by atoms with van der Waals surface area (Å²) < 4.78 is 17.7. The van der Waals surface area contributed by atoms with Gasteiger partial charge in [0, 0.05) is 18.4 Å². The first-order valence-corrected chi connectivity index (χ1v) is 8.00. The summed E-state index contributed by atoms with van der Waals surface area (Å²) in [6.07, 6.45) is 1.99. The maximum Gasteiger partial charge on any atom is 0.460 e. The topological polar surface area (TPSA) is 51.2 Å². The van der Waals surface area contributed by atoms with E-state index in [2.05, 4.69) is 11.9 Å². The van der Waals surface area contributed by atoms with E-state index in [1.165, 1.54) is 0 Å². The highest BCUT2D eigenvalue weighted by molar-refractivity contribution is 6.45. The van der Waals surface area contributed by atoms with E-state index in [1.807, 2.05) is 27.7 Å². The van der Waals surface area contributed by atoms with Gasteiger partial charge in [-0.3, -0.25) is 4.90 Å². The van der Waals surface area contributed by atoms with Crippen LogP contribution in [-0.2, 0) is 14.0 Å². The molecule has 0 aromatic rings. The van der Waals surface area contributed by atoms with Crippen molar-refractivity contribution in [2.45, 2.75) is 75.7 Å². The number of morpholine rings is 1. The van der Waals surface area contributed by atoms with E-state index in [0.717, 1.165) is 12.8 Å². The third-order valence-corrected chi connectivity index (χ3v) is 5.85. The van der Waals surface area contributed by atoms with Crippen LogP contribution in [0.5, 0.6) is 0 Å². The SMILES string of the molecule is CN1C2COCC1CC(O)(CB1OC(C)(C)C(C)(C)O1)C2. The minimum absolute atomic E-state index is 0.296. The Bertz CT molecular complexity index is 384. The van der Waals surface area contributed by atoms with Crippen LogP contribution in [0.3, 0.4) is 0 Å². The number of rotatable bonds is 2. The molecule has 3 heterocycles. The second kappa shape index (κ2) is 4.93. The summed E-state index contributed by atoms with van der Waals surface area (Å²) >= 11 is 0. The molecule has 3 aliphatic rings. The second-order valence-electron chi connectivity index (χ2n) is 8.03. The van der Waals surface area contributed by atoms with Gasteiger partial charge in [-0.2, -0.15) is 0 Å². The molecular weight excluding hydrogens is 269 g/mol. The van der Waals surface area contributed by atoms with Gasteiger partial charge in [-0.15, -0.1) is 0 Å². The smallest absolute Gasteiger partial charge is 0.403 e. The van der Waals surface area contributed by atoms with Crippen LogP contribution in [0.15, 0.2) is 0 Å². The van der Waals surface area contributed by atoms with Crippen LogP contribution in [0.4, 0.5) is 0 Å². The van der Waals surface area contributed by atoms with Crippen LogP contribution in [0.1, 0.15) is 40.5 Å². The molecule has 0 aromatic heterocycles. The van der Waals surface area contributed by atoms with Crippen molar-refractivity contribution in [3.05, 3.63) is 0 Å². The molecule has 2 atom stereocenters. The molecule has 120 valence electrons. The Hall–Kier alpha value is -0.135. The fraction of sp³-hybridized carbons (Fsp3) is 1.00. The van der Waals surface area contributed by atoms with E-state index in [-0.39, 0.29) is 18.3 Å². The van der Waals surface area contributed by atoms with E-state index < -0.39 is 5.60 Å². The number of fused-ring (bicyclic) bond motifs is 2. The average Bonchev–Trinajstić information content (AvgIpc) is 2.49. The Kier molecular flexibility index (Phi) is 3.70. The van der Waals surface area contributed by atoms with Crippen molar-refractivity contribution in [3.63, 3.8) is 0 Å². The van der Waals surface area contributed by atoms with E-state index >= 15 is 0 Å². The van der Waals surface area contributed by atoms with Gasteiger partial charge in [0.15, 0.2) is 0 Å². The lowest BCUT2D eigenvalue weighted by Gasteiger charge is -2.50. The van der Waals surface area contributed by atoms with Crippen LogP contribution in [0.2, 0.25) is 6.32 Å². The fourth-order valence-electron chi connectivity index (χ4n) is 3.77. The highest BCUT2D eigenvalue weighted by Gasteiger charge is 2.55. The zero-order valence-electron chi connectivity index (χ0n) is 13.9. The van der Waals surface area contributed by atoms with Gasteiger partial charge in [0.1, 0.15) is 0 Å². The third kappa shape index (κ3) is 2.77. The number of likely N-dealkylation sites (N-methyl/N-ethyl adjacent to an activating group) is 1. The molecule has 0 saturated carbocycles. The fourth-order valence-corrected chi connectivity index (χ4v) is 3.77. The van der Waals surface area contributed by atoms with Gasteiger partial charge in [0.2, 0.25) is 0 Å². The molecule has 3 rings (SSSR count). The summed E-state index contributed by atoms with van der Waals surface area (Å²) in [5, 5.41) is 11.1. The molecule has 0 radical (unpaired) electrons. The van der Waals surface area contributed by atoms with Crippen molar-refractivity contribution in [2.24, 2.45) is 0 Å². The van der Waals surface area contributed by atoms with Crippen LogP contribution in [0.25, 0.3) is 0 Å². The molecule has 21 heavy (non-hydrogen) atoms. The van der Waals surface area contributed by atoms with Crippen LogP contribution >= 0.6 is 0 Å². The van der Waals surface area contributed by atoms with Crippen molar-refractivity contribution < 1.29 is 19.2 Å². The summed E-state index contributed by atoms with van der Waals surface area (Å²) in [5.41, 5.74) is -1.39. The van der Waals surface area contributed by atoms with Gasteiger partial charge in [-0.25, -0.2) is 0 Å². The molecule has 0 spiro atoms. The molecule has 6 heteroatoms. The van der Waals surface area contributed by atoms with Crippen molar-refractivity contribution in [1.29, 1.82) is 0 Å². The maximum absolute atomic E-state index is 11.1. The van der Waals surface area contributed by atoms with Gasteiger partial charge >= 0.3 is 7.12 Å². The van der Waals surface area contributed by atoms with Crippen LogP contribution in [-0.4, -0.2) is 66.3 Å². The summed E-state index contributed by atoms with van der Waals surface area (Å²) in [6.45, 7) is 9.61. The zero-order chi connectivity index (χ0) is 15.5. The van der Waals surface area contributed by atoms with E-state index in [0.29, 0.717) is 31.6 Å². The lowest BCUT2D eigenvalue weighted by atomic mass is 9.67. The number of hydrogen-bond donors (Lipinski definition) is 1. The number of hydrogen-bond acceptors (Lipinski definition) is 5. The average molecular weight is 297 g/mol. The van der Waals surface area contributed by atoms with Gasteiger partial charge in [0.05, 0.1) is 30.0 Å². The molecular formula is C15H28BNO4. The first-order chi connectivity index (χ1) is 9.62. The minimum atomic E-state index is -0.715. The molecule has 5 nitrogen and oxygen atoms in total. The van der Waals surface area contributed by atoms with Crippen molar-refractivity contribution in [1.82, 2.24) is 4.90 Å². The zero-order valence-corrected chi connectivity index (χ0v) is 13.9. The summed E-state index contributed by atoms with van der Waals surface area (Å²) in [7, 11) is 1.80. The predicted octanol–water partition coefficient (Wildman–Crippen LogP) is 1.30. The summed E-state index contributed by atoms with van der Waals surface area (Å²) in [5.74, 6) is 0. The normalized spacial score (nSPS) is 42.3. The summed E-state index contributed by atoms with van der Waals surface area (Å²) in [6, 6.07) is 0.592. The van der Waals surface area contributed by atoms with Gasteiger partial charge < -0.3 is 19.2 Å². The predicted molar refractivity (Wildman–Crippen MR) is 81.2 cm³/mol. The lowest BCUT2D eigenvalue weighted by Crippen LogP contribution is -2.60. The van der Waals surface area contributed by atoms with Crippen molar-refractivity contribution in [3.8, 4) is 0 Å². The Labute approximate surface area is 128 Å². The second-order valence-corrected chi connectivity index (χ2v) is 8.03. The first kappa shape index (κ1) is 15.7. The van der Waals surface area contributed by atoms with Gasteiger partial charge in [-0.1, -0.05) is 0 Å². The van der Waals surface area contributed by atoms with Gasteiger partial charge in [-0.05, 0) is 47.6 Å². The number of ether oxygens (including phenoxy) is 1. The van der Waals surface area contributed by atoms with Crippen molar-refractivity contribution in [2.75, 3.05) is 20.3 Å². The molecule has 3 aliphatic heterocycles. The molecule has 2 unspecified atom stereocenters. The third-order valence-electron chi connectivity index (χ3n) is 5.85. The molecule has 0 aromatic carbocycles. The van der Waals surface area contributed by atoms with Gasteiger partial charge in [0.25, 0.3) is 0 Å². The monoisotopic (exact) mass is 297 g/mol. The van der Waals surface area contributed by atoms with Crippen LogP contribution in [0, 0.1) is 0 Å². The Balaban J connectivity index is 1.68. The summed E-state index contributed by atoms with van der Waals surface area (Å²) in [4.78, 5) is 2.35. The number of aliphatic hydroxyl groups is 1. The Morgan fingerprint density at radius 3 is 2.00 bits per heavy atom. The highest BCUT2D eigenvalue weighted by atomic mass is 16.7. The molecule has 0 amide bonds. The number of piperidine rings is 1. The first-order valence-electron chi connectivity index (χ1n) is 8.00. The van der Waals surface area contributed by atoms with Crippen molar-refractivity contribution >= 4 is 7.12 Å². The molecule has 3 fully saturated rings. The molecule has 2 bridgehead atoms. The Morgan fingerprint density at radius 1 is 1.05 bits per heavy atom.